The number of halogens is 2. The van der Waals surface area contributed by atoms with Crippen molar-refractivity contribution in [2.24, 2.45) is 0 Å². The quantitative estimate of drug-likeness (QED) is 0.296. The van der Waals surface area contributed by atoms with Crippen molar-refractivity contribution < 1.29 is 45.5 Å². The zero-order chi connectivity index (χ0) is 26.4. The van der Waals surface area contributed by atoms with Crippen LogP contribution in [0.25, 0.3) is 0 Å². The normalized spacial score (nSPS) is 19.0. The molecule has 0 unspecified atom stereocenters. The van der Waals surface area contributed by atoms with Crippen LogP contribution in [0.3, 0.4) is 0 Å². The molecule has 2 nitrogen and oxygen atoms in total. The smallest absolute Gasteiger partial charge is 0.171 e. The van der Waals surface area contributed by atoms with Crippen LogP contribution in [0.5, 0.6) is 0 Å². The maximum Gasteiger partial charge on any atom is 0.171 e. The summed E-state index contributed by atoms with van der Waals surface area (Å²) in [7, 11) is 0. The first-order valence-corrected chi connectivity index (χ1v) is 16.9. The molecule has 0 radical (unpaired) electrons. The lowest BCUT2D eigenvalue weighted by molar-refractivity contribution is -0.697. The van der Waals surface area contributed by atoms with Crippen LogP contribution in [0.15, 0.2) is 49.1 Å². The van der Waals surface area contributed by atoms with Gasteiger partial charge in [-0.2, -0.15) is 0 Å². The third-order valence-electron chi connectivity index (χ3n) is 8.60. The molecule has 3 rings (SSSR count). The van der Waals surface area contributed by atoms with Crippen LogP contribution in [0.2, 0.25) is 0 Å². The summed E-state index contributed by atoms with van der Waals surface area (Å²) in [4.78, 5) is 0. The van der Waals surface area contributed by atoms with Crippen molar-refractivity contribution in [1.82, 2.24) is 0 Å². The Bertz CT molecular complexity index is 774. The van der Waals surface area contributed by atoms with Crippen molar-refractivity contribution >= 4 is 0 Å². The summed E-state index contributed by atoms with van der Waals surface area (Å²) in [6.45, 7) is 2.38. The first-order valence-electron chi connectivity index (χ1n) is 16.9. The van der Waals surface area contributed by atoms with Crippen LogP contribution in [-0.2, 0) is 25.9 Å². The molecule has 0 spiro atoms. The van der Waals surface area contributed by atoms with Gasteiger partial charge < -0.3 is 36.4 Å². The standard InChI is InChI=1S/C36H60N2.ClH.HI/c1-2-5-9-13-17-21-29-37-31-24-28-36(34-37)26-20-16-12-8-4-6-10-14-18-22-30-38-32-23-27-35(33-38)25-19-15-11-7-3-1;;/h23-24,27-28,31-34H,1-22,25-26,29-30H2;2*1H/q+2;;/p-2. The molecule has 0 atom stereocenters. The maximum absolute atomic E-state index is 2.44. The molecule has 1 aliphatic heterocycles. The van der Waals surface area contributed by atoms with E-state index in [1.807, 2.05) is 0 Å². The van der Waals surface area contributed by atoms with Crippen molar-refractivity contribution in [2.45, 2.75) is 167 Å². The van der Waals surface area contributed by atoms with Crippen molar-refractivity contribution in [3.63, 3.8) is 0 Å². The third kappa shape index (κ3) is 18.7. The second-order valence-electron chi connectivity index (χ2n) is 12.2. The number of aryl methyl sites for hydroxylation is 4. The van der Waals surface area contributed by atoms with Gasteiger partial charge in [0.25, 0.3) is 0 Å². The van der Waals surface area contributed by atoms with Gasteiger partial charge in [-0.15, -0.1) is 0 Å². The van der Waals surface area contributed by atoms with Crippen LogP contribution >= 0.6 is 0 Å². The second-order valence-corrected chi connectivity index (χ2v) is 12.2. The highest BCUT2D eigenvalue weighted by molar-refractivity contribution is 5.05. The number of aromatic nitrogens is 2. The summed E-state index contributed by atoms with van der Waals surface area (Å²) in [5.41, 5.74) is 3.06. The number of hydrogen-bond donors (Lipinski definition) is 0. The molecule has 40 heavy (non-hydrogen) atoms. The highest BCUT2D eigenvalue weighted by Crippen LogP contribution is 2.14. The summed E-state index contributed by atoms with van der Waals surface area (Å²) in [5, 5.41) is 0. The Hall–Kier alpha value is -0.680. The Labute approximate surface area is 271 Å². The molecule has 4 heteroatoms. The fraction of sp³-hybridized carbons (Fsp3) is 0.722. The van der Waals surface area contributed by atoms with Crippen LogP contribution in [0.4, 0.5) is 0 Å². The van der Waals surface area contributed by atoms with Gasteiger partial charge in [0.2, 0.25) is 0 Å². The predicted molar refractivity (Wildman–Crippen MR) is 162 cm³/mol. The Kier molecular flexibility index (Phi) is 24.3. The minimum absolute atomic E-state index is 0. The lowest BCUT2D eigenvalue weighted by atomic mass is 10.0. The maximum atomic E-state index is 2.44. The molecule has 228 valence electrons. The van der Waals surface area contributed by atoms with Crippen LogP contribution in [-0.4, -0.2) is 0 Å². The summed E-state index contributed by atoms with van der Waals surface area (Å²) in [6.07, 6.45) is 42.8. The van der Waals surface area contributed by atoms with Crippen molar-refractivity contribution in [1.29, 1.82) is 0 Å². The first-order chi connectivity index (χ1) is 18.9. The average molecular weight is 683 g/mol. The molecule has 0 saturated heterocycles. The van der Waals surface area contributed by atoms with Gasteiger partial charge in [0.05, 0.1) is 0 Å². The molecule has 2 aromatic heterocycles. The van der Waals surface area contributed by atoms with Gasteiger partial charge in [-0.05, 0) is 50.7 Å². The monoisotopic (exact) mass is 682 g/mol. The SMILES string of the molecule is [Cl-].[I-].c1cc2c[n+](c1)CCCCCCCCCCCCCCc1ccc[n+](c1)CCCCCCCCCCCC2. The van der Waals surface area contributed by atoms with Crippen LogP contribution in [0.1, 0.15) is 152 Å². The molecule has 0 aromatic carbocycles. The Morgan fingerprint density at radius 2 is 0.650 bits per heavy atom. The van der Waals surface area contributed by atoms with Gasteiger partial charge >= 0.3 is 0 Å². The van der Waals surface area contributed by atoms with E-state index in [1.165, 1.54) is 178 Å². The molecule has 1 aliphatic rings. The summed E-state index contributed by atoms with van der Waals surface area (Å²) >= 11 is 0. The van der Waals surface area contributed by atoms with E-state index >= 15 is 0 Å². The van der Waals surface area contributed by atoms with E-state index in [2.05, 4.69) is 58.2 Å². The zero-order valence-electron chi connectivity index (χ0n) is 25.7. The van der Waals surface area contributed by atoms with Crippen molar-refractivity contribution in [3.8, 4) is 0 Å². The lowest BCUT2D eigenvalue weighted by Crippen LogP contribution is -3.00. The van der Waals surface area contributed by atoms with E-state index < -0.39 is 0 Å². The number of fused-ring (bicyclic) bond motifs is 4. The minimum atomic E-state index is 0. The van der Waals surface area contributed by atoms with Gasteiger partial charge in [-0.25, -0.2) is 9.13 Å². The second kappa shape index (κ2) is 26.0. The summed E-state index contributed by atoms with van der Waals surface area (Å²) < 4.78 is 4.88. The average Bonchev–Trinajstić information content (AvgIpc) is 2.94. The Morgan fingerprint density at radius 3 is 0.975 bits per heavy atom. The van der Waals surface area contributed by atoms with E-state index in [1.54, 1.807) is 0 Å². The Morgan fingerprint density at radius 1 is 0.375 bits per heavy atom. The minimum Gasteiger partial charge on any atom is -1.00 e. The molecule has 2 aromatic rings. The van der Waals surface area contributed by atoms with E-state index in [0.29, 0.717) is 0 Å². The van der Waals surface area contributed by atoms with Gasteiger partial charge in [0.15, 0.2) is 24.8 Å². The lowest BCUT2D eigenvalue weighted by Gasteiger charge is -2.05. The van der Waals surface area contributed by atoms with Crippen LogP contribution < -0.4 is 45.5 Å². The van der Waals surface area contributed by atoms with E-state index in [4.69, 9.17) is 0 Å². The molecular weight excluding hydrogens is 623 g/mol. The number of pyridine rings is 2. The van der Waals surface area contributed by atoms with Crippen molar-refractivity contribution in [2.75, 3.05) is 0 Å². The first kappa shape index (κ1) is 37.3. The largest absolute Gasteiger partial charge is 1.00 e. The number of nitrogens with zero attached hydrogens (tertiary/aromatic N) is 2. The summed E-state index contributed by atoms with van der Waals surface area (Å²) in [5.74, 6) is 0. The molecule has 0 aliphatic carbocycles. The molecule has 0 saturated carbocycles. The fourth-order valence-electron chi connectivity index (χ4n) is 6.16. The predicted octanol–water partition coefficient (Wildman–Crippen LogP) is 3.65. The molecule has 0 amide bonds. The topological polar surface area (TPSA) is 7.76 Å². The molecule has 3 heterocycles. The number of hydrogen-bond acceptors (Lipinski definition) is 0. The van der Waals surface area contributed by atoms with Gasteiger partial charge in [0, 0.05) is 36.1 Å². The highest BCUT2D eigenvalue weighted by atomic mass is 127. The van der Waals surface area contributed by atoms with Gasteiger partial charge in [0.1, 0.15) is 13.1 Å². The number of rotatable bonds is 0. The zero-order valence-corrected chi connectivity index (χ0v) is 28.6. The highest BCUT2D eigenvalue weighted by Gasteiger charge is 2.05. The fourth-order valence-corrected chi connectivity index (χ4v) is 6.16. The van der Waals surface area contributed by atoms with Crippen molar-refractivity contribution in [3.05, 3.63) is 60.2 Å². The molecular formula is C36H60ClIN2. The third-order valence-corrected chi connectivity index (χ3v) is 8.60. The summed E-state index contributed by atoms with van der Waals surface area (Å²) in [6, 6.07) is 9.19. The van der Waals surface area contributed by atoms with E-state index in [9.17, 15) is 0 Å². The Balaban J connectivity index is 0.00000400. The van der Waals surface area contributed by atoms with Crippen LogP contribution in [0, 0.1) is 0 Å². The van der Waals surface area contributed by atoms with E-state index in [0.717, 1.165) is 0 Å². The molecule has 0 fully saturated rings. The van der Waals surface area contributed by atoms with Gasteiger partial charge in [-0.3, -0.25) is 0 Å². The van der Waals surface area contributed by atoms with E-state index in [-0.39, 0.29) is 36.4 Å². The molecule has 0 N–H and O–H groups in total. The van der Waals surface area contributed by atoms with Gasteiger partial charge in [-0.1, -0.05) is 103 Å². The molecule has 4 bridgehead atoms.